The van der Waals surface area contributed by atoms with Crippen LogP contribution in [-0.4, -0.2) is 12.5 Å². The van der Waals surface area contributed by atoms with E-state index in [1.54, 1.807) is 23.1 Å². The number of halogens is 2. The zero-order chi connectivity index (χ0) is 14.7. The molecule has 0 unspecified atom stereocenters. The Hall–Kier alpha value is -1.68. The van der Waals surface area contributed by atoms with Crippen molar-refractivity contribution in [2.45, 2.75) is 13.8 Å². The van der Waals surface area contributed by atoms with Crippen LogP contribution in [0.3, 0.4) is 0 Å². The minimum atomic E-state index is -0.310. The zero-order valence-electron chi connectivity index (χ0n) is 11.4. The number of anilines is 1. The fraction of sp³-hybridized carbons (Fsp3) is 0.188. The van der Waals surface area contributed by atoms with Gasteiger partial charge < -0.3 is 4.90 Å². The highest BCUT2D eigenvalue weighted by atomic mass is 79.9. The van der Waals surface area contributed by atoms with E-state index >= 15 is 0 Å². The Morgan fingerprint density at radius 3 is 2.40 bits per heavy atom. The molecule has 0 aliphatic heterocycles. The number of nitrogens with zero attached hydrogens (tertiary/aromatic N) is 1. The third kappa shape index (κ3) is 3.25. The first-order valence-electron chi connectivity index (χ1n) is 6.36. The average molecular weight is 336 g/mol. The van der Waals surface area contributed by atoms with Gasteiger partial charge in [-0.1, -0.05) is 15.9 Å². The molecule has 20 heavy (non-hydrogen) atoms. The molecule has 0 aliphatic carbocycles. The van der Waals surface area contributed by atoms with Crippen molar-refractivity contribution in [2.24, 2.45) is 0 Å². The van der Waals surface area contributed by atoms with Crippen LogP contribution >= 0.6 is 15.9 Å². The quantitative estimate of drug-likeness (QED) is 0.804. The summed E-state index contributed by atoms with van der Waals surface area (Å²) in [6.45, 7) is 4.36. The molecule has 4 heteroatoms. The lowest BCUT2D eigenvalue weighted by molar-refractivity contribution is 0.0988. The van der Waals surface area contributed by atoms with Crippen molar-refractivity contribution in [3.63, 3.8) is 0 Å². The maximum absolute atomic E-state index is 13.0. The van der Waals surface area contributed by atoms with E-state index in [9.17, 15) is 9.18 Å². The molecule has 0 fully saturated rings. The first kappa shape index (κ1) is 14.7. The standard InChI is InChI=1S/C16H15BrFNO/c1-3-19(15-6-4-14(18)5-7-15)16(20)12-8-11(2)9-13(17)10-12/h4-10H,3H2,1-2H3. The second kappa shape index (κ2) is 6.18. The van der Waals surface area contributed by atoms with Crippen LogP contribution in [0, 0.1) is 12.7 Å². The molecule has 2 nitrogen and oxygen atoms in total. The smallest absolute Gasteiger partial charge is 0.258 e. The molecule has 0 saturated heterocycles. The van der Waals surface area contributed by atoms with Crippen molar-refractivity contribution < 1.29 is 9.18 Å². The third-order valence-corrected chi connectivity index (χ3v) is 3.45. The molecule has 0 saturated carbocycles. The van der Waals surface area contributed by atoms with Gasteiger partial charge in [0.05, 0.1) is 0 Å². The van der Waals surface area contributed by atoms with Gasteiger partial charge in [-0.2, -0.15) is 0 Å². The summed E-state index contributed by atoms with van der Waals surface area (Å²) in [5.41, 5.74) is 2.32. The Morgan fingerprint density at radius 1 is 1.20 bits per heavy atom. The number of aryl methyl sites for hydroxylation is 1. The van der Waals surface area contributed by atoms with Crippen LogP contribution in [0.5, 0.6) is 0 Å². The van der Waals surface area contributed by atoms with Crippen LogP contribution in [0.4, 0.5) is 10.1 Å². The monoisotopic (exact) mass is 335 g/mol. The number of carbonyl (C=O) groups excluding carboxylic acids is 1. The fourth-order valence-electron chi connectivity index (χ4n) is 2.08. The van der Waals surface area contributed by atoms with Crippen LogP contribution in [0.1, 0.15) is 22.8 Å². The van der Waals surface area contributed by atoms with Crippen molar-refractivity contribution >= 4 is 27.5 Å². The summed E-state index contributed by atoms with van der Waals surface area (Å²) in [5, 5.41) is 0. The van der Waals surface area contributed by atoms with Gasteiger partial charge in [0.15, 0.2) is 0 Å². The van der Waals surface area contributed by atoms with Crippen LogP contribution in [-0.2, 0) is 0 Å². The number of benzene rings is 2. The van der Waals surface area contributed by atoms with Gasteiger partial charge >= 0.3 is 0 Å². The van der Waals surface area contributed by atoms with E-state index in [1.165, 1.54) is 12.1 Å². The van der Waals surface area contributed by atoms with Gasteiger partial charge in [0.2, 0.25) is 0 Å². The molecule has 0 spiro atoms. The van der Waals surface area contributed by atoms with Crippen LogP contribution in [0.2, 0.25) is 0 Å². The molecule has 0 radical (unpaired) electrons. The number of carbonyl (C=O) groups is 1. The highest BCUT2D eigenvalue weighted by Gasteiger charge is 2.16. The number of hydrogen-bond acceptors (Lipinski definition) is 1. The van der Waals surface area contributed by atoms with Gasteiger partial charge in [0.1, 0.15) is 5.82 Å². The Kier molecular flexibility index (Phi) is 4.55. The topological polar surface area (TPSA) is 20.3 Å². The third-order valence-electron chi connectivity index (χ3n) is 2.99. The minimum Gasteiger partial charge on any atom is -0.309 e. The first-order chi connectivity index (χ1) is 9.51. The summed E-state index contributed by atoms with van der Waals surface area (Å²) in [4.78, 5) is 14.2. The Balaban J connectivity index is 2.36. The number of hydrogen-bond donors (Lipinski definition) is 0. The van der Waals surface area contributed by atoms with E-state index in [1.807, 2.05) is 26.0 Å². The van der Waals surface area contributed by atoms with Crippen molar-refractivity contribution in [3.05, 3.63) is 63.9 Å². The summed E-state index contributed by atoms with van der Waals surface area (Å²) in [7, 11) is 0. The summed E-state index contributed by atoms with van der Waals surface area (Å²) >= 11 is 3.40. The van der Waals surface area contributed by atoms with Crippen LogP contribution < -0.4 is 4.90 Å². The number of rotatable bonds is 3. The van der Waals surface area contributed by atoms with E-state index in [0.717, 1.165) is 10.0 Å². The molecular weight excluding hydrogens is 321 g/mol. The fourth-order valence-corrected chi connectivity index (χ4v) is 2.69. The molecule has 0 aromatic heterocycles. The summed E-state index contributed by atoms with van der Waals surface area (Å²) < 4.78 is 13.8. The molecule has 0 atom stereocenters. The van der Waals surface area contributed by atoms with Gasteiger partial charge in [0, 0.05) is 22.3 Å². The van der Waals surface area contributed by atoms with Gasteiger partial charge in [-0.15, -0.1) is 0 Å². The van der Waals surface area contributed by atoms with Gasteiger partial charge in [-0.3, -0.25) is 4.79 Å². The second-order valence-corrected chi connectivity index (χ2v) is 5.46. The molecule has 1 amide bonds. The molecule has 0 bridgehead atoms. The minimum absolute atomic E-state index is 0.0940. The molecule has 2 aromatic rings. The normalized spacial score (nSPS) is 10.4. The first-order valence-corrected chi connectivity index (χ1v) is 7.15. The zero-order valence-corrected chi connectivity index (χ0v) is 12.9. The predicted octanol–water partition coefficient (Wildman–Crippen LogP) is 4.56. The Morgan fingerprint density at radius 2 is 1.85 bits per heavy atom. The van der Waals surface area contributed by atoms with Crippen molar-refractivity contribution in [3.8, 4) is 0 Å². The number of amides is 1. The lowest BCUT2D eigenvalue weighted by atomic mass is 10.1. The van der Waals surface area contributed by atoms with Crippen molar-refractivity contribution in [1.82, 2.24) is 0 Å². The van der Waals surface area contributed by atoms with Crippen LogP contribution in [0.25, 0.3) is 0 Å². The summed E-state index contributed by atoms with van der Waals surface area (Å²) in [5.74, 6) is -0.404. The average Bonchev–Trinajstić information content (AvgIpc) is 2.40. The van der Waals surface area contributed by atoms with E-state index in [0.29, 0.717) is 17.8 Å². The van der Waals surface area contributed by atoms with E-state index < -0.39 is 0 Å². The Bertz CT molecular complexity index is 605. The highest BCUT2D eigenvalue weighted by Crippen LogP contribution is 2.21. The molecular formula is C16H15BrFNO. The Labute approximate surface area is 126 Å². The maximum atomic E-state index is 13.0. The van der Waals surface area contributed by atoms with Gasteiger partial charge in [0.25, 0.3) is 5.91 Å². The largest absolute Gasteiger partial charge is 0.309 e. The summed E-state index contributed by atoms with van der Waals surface area (Å²) in [6, 6.07) is 11.5. The predicted molar refractivity (Wildman–Crippen MR) is 82.6 cm³/mol. The van der Waals surface area contributed by atoms with Gasteiger partial charge in [-0.25, -0.2) is 4.39 Å². The lowest BCUT2D eigenvalue weighted by Crippen LogP contribution is -2.30. The molecule has 2 rings (SSSR count). The van der Waals surface area contributed by atoms with Crippen LogP contribution in [0.15, 0.2) is 46.9 Å². The molecule has 0 N–H and O–H groups in total. The van der Waals surface area contributed by atoms with Gasteiger partial charge in [-0.05, 0) is 61.9 Å². The van der Waals surface area contributed by atoms with E-state index in [-0.39, 0.29) is 11.7 Å². The van der Waals surface area contributed by atoms with E-state index in [4.69, 9.17) is 0 Å². The molecule has 0 aliphatic rings. The highest BCUT2D eigenvalue weighted by molar-refractivity contribution is 9.10. The van der Waals surface area contributed by atoms with E-state index in [2.05, 4.69) is 15.9 Å². The maximum Gasteiger partial charge on any atom is 0.258 e. The van der Waals surface area contributed by atoms with Crippen molar-refractivity contribution in [2.75, 3.05) is 11.4 Å². The molecule has 2 aromatic carbocycles. The molecule has 104 valence electrons. The SMILES string of the molecule is CCN(C(=O)c1cc(C)cc(Br)c1)c1ccc(F)cc1. The molecule has 0 heterocycles. The lowest BCUT2D eigenvalue weighted by Gasteiger charge is -2.21. The summed E-state index contributed by atoms with van der Waals surface area (Å²) in [6.07, 6.45) is 0. The second-order valence-electron chi connectivity index (χ2n) is 4.54. The van der Waals surface area contributed by atoms with Crippen molar-refractivity contribution in [1.29, 1.82) is 0 Å².